The minimum atomic E-state index is -0.344. The summed E-state index contributed by atoms with van der Waals surface area (Å²) < 4.78 is 16.6. The molecule has 144 valence electrons. The van der Waals surface area contributed by atoms with Gasteiger partial charge in [-0.25, -0.2) is 9.37 Å². The average Bonchev–Trinajstić information content (AvgIpc) is 3.22. The lowest BCUT2D eigenvalue weighted by Crippen LogP contribution is -2.24. The summed E-state index contributed by atoms with van der Waals surface area (Å²) >= 11 is 5.89. The Balaban J connectivity index is 1.40. The Morgan fingerprint density at radius 2 is 1.90 bits per heavy atom. The van der Waals surface area contributed by atoms with E-state index < -0.39 is 0 Å². The Labute approximate surface area is 171 Å². The minimum Gasteiger partial charge on any atom is -0.328 e. The van der Waals surface area contributed by atoms with Crippen molar-refractivity contribution in [3.63, 3.8) is 0 Å². The second-order valence-electron chi connectivity index (χ2n) is 7.19. The predicted molar refractivity (Wildman–Crippen MR) is 109 cm³/mol. The fourth-order valence-corrected chi connectivity index (χ4v) is 3.87. The van der Waals surface area contributed by atoms with Gasteiger partial charge in [-0.1, -0.05) is 35.9 Å². The Hall–Kier alpha value is -3.25. The molecule has 2 aromatic heterocycles. The van der Waals surface area contributed by atoms with Crippen molar-refractivity contribution in [1.82, 2.24) is 19.7 Å². The fourth-order valence-electron chi connectivity index (χ4n) is 3.72. The third kappa shape index (κ3) is 3.15. The van der Waals surface area contributed by atoms with Crippen LogP contribution in [0.1, 0.15) is 21.6 Å². The van der Waals surface area contributed by atoms with Crippen molar-refractivity contribution in [1.29, 1.82) is 0 Å². The molecule has 2 aromatic carbocycles. The number of hydrogen-bond donors (Lipinski definition) is 0. The molecule has 3 heterocycles. The molecule has 0 atom stereocenters. The monoisotopic (exact) mass is 406 g/mol. The standard InChI is InChI=1S/C22H16ClFN4O/c1-27-10-17-8-13(4-6-19(17)26-27)14-2-3-15(18(24)9-14)11-28-12-16-5-7-20(23)25-21(16)22(28)29/h2-10H,11-12H2,1H3. The number of carbonyl (C=O) groups is 1. The number of amides is 1. The van der Waals surface area contributed by atoms with Crippen LogP contribution in [-0.2, 0) is 20.1 Å². The third-order valence-electron chi connectivity index (χ3n) is 5.16. The maximum Gasteiger partial charge on any atom is 0.273 e. The van der Waals surface area contributed by atoms with Gasteiger partial charge < -0.3 is 4.90 Å². The Bertz CT molecular complexity index is 1280. The molecule has 0 saturated carbocycles. The molecule has 0 fully saturated rings. The van der Waals surface area contributed by atoms with Gasteiger partial charge in [0.25, 0.3) is 5.91 Å². The molecule has 0 unspecified atom stereocenters. The van der Waals surface area contributed by atoms with Crippen LogP contribution >= 0.6 is 11.6 Å². The topological polar surface area (TPSA) is 51.0 Å². The van der Waals surface area contributed by atoms with Gasteiger partial charge in [-0.05, 0) is 35.4 Å². The van der Waals surface area contributed by atoms with Gasteiger partial charge in [0.05, 0.1) is 5.52 Å². The lowest BCUT2D eigenvalue weighted by Gasteiger charge is -2.16. The SMILES string of the molecule is Cn1cc2cc(-c3ccc(CN4Cc5ccc(Cl)nc5C4=O)c(F)c3)ccc2n1. The van der Waals surface area contributed by atoms with Crippen molar-refractivity contribution in [2.24, 2.45) is 7.05 Å². The zero-order chi connectivity index (χ0) is 20.1. The van der Waals surface area contributed by atoms with Gasteiger partial charge in [0.1, 0.15) is 16.7 Å². The number of aromatic nitrogens is 3. The molecule has 5 nitrogen and oxygen atoms in total. The average molecular weight is 407 g/mol. The van der Waals surface area contributed by atoms with Crippen molar-refractivity contribution >= 4 is 28.4 Å². The Morgan fingerprint density at radius 3 is 2.72 bits per heavy atom. The molecule has 0 aliphatic carbocycles. The van der Waals surface area contributed by atoms with E-state index in [4.69, 9.17) is 11.6 Å². The zero-order valence-electron chi connectivity index (χ0n) is 15.6. The van der Waals surface area contributed by atoms with Gasteiger partial charge in [0, 0.05) is 42.8 Å². The van der Waals surface area contributed by atoms with E-state index in [0.29, 0.717) is 17.8 Å². The van der Waals surface area contributed by atoms with Crippen LogP contribution in [0.5, 0.6) is 0 Å². The Kier molecular flexibility index (Phi) is 4.10. The van der Waals surface area contributed by atoms with Crippen LogP contribution in [0.2, 0.25) is 5.15 Å². The second kappa shape index (κ2) is 6.67. The first-order valence-electron chi connectivity index (χ1n) is 9.15. The maximum atomic E-state index is 14.8. The van der Waals surface area contributed by atoms with Crippen LogP contribution < -0.4 is 0 Å². The number of pyridine rings is 1. The molecule has 1 amide bonds. The summed E-state index contributed by atoms with van der Waals surface area (Å²) in [5.41, 5.74) is 4.21. The van der Waals surface area contributed by atoms with E-state index in [1.807, 2.05) is 37.5 Å². The highest BCUT2D eigenvalue weighted by Gasteiger charge is 2.29. The van der Waals surface area contributed by atoms with Gasteiger partial charge in [0.15, 0.2) is 0 Å². The largest absolute Gasteiger partial charge is 0.328 e. The third-order valence-corrected chi connectivity index (χ3v) is 5.37. The molecule has 1 aliphatic rings. The molecule has 4 aromatic rings. The summed E-state index contributed by atoms with van der Waals surface area (Å²) in [5.74, 6) is -0.573. The summed E-state index contributed by atoms with van der Waals surface area (Å²) in [6, 6.07) is 14.4. The molecule has 29 heavy (non-hydrogen) atoms. The highest BCUT2D eigenvalue weighted by atomic mass is 35.5. The molecule has 0 saturated heterocycles. The number of fused-ring (bicyclic) bond motifs is 2. The van der Waals surface area contributed by atoms with Crippen molar-refractivity contribution in [2.75, 3.05) is 0 Å². The summed E-state index contributed by atoms with van der Waals surface area (Å²) in [6.07, 6.45) is 1.93. The first-order chi connectivity index (χ1) is 14.0. The van der Waals surface area contributed by atoms with Crippen molar-refractivity contribution < 1.29 is 9.18 Å². The molecular formula is C22H16ClFN4O. The van der Waals surface area contributed by atoms with Gasteiger partial charge in [0.2, 0.25) is 0 Å². The number of halogens is 2. The molecule has 1 aliphatic heterocycles. The van der Waals surface area contributed by atoms with Crippen LogP contribution in [0.15, 0.2) is 54.7 Å². The number of aryl methyl sites for hydroxylation is 1. The molecule has 0 bridgehead atoms. The maximum absolute atomic E-state index is 14.8. The molecular weight excluding hydrogens is 391 g/mol. The van der Waals surface area contributed by atoms with Crippen LogP contribution in [0.3, 0.4) is 0 Å². The van der Waals surface area contributed by atoms with Crippen molar-refractivity contribution in [3.05, 3.63) is 82.5 Å². The quantitative estimate of drug-likeness (QED) is 0.468. The predicted octanol–water partition coefficient (Wildman–Crippen LogP) is 4.58. The summed E-state index contributed by atoms with van der Waals surface area (Å²) in [4.78, 5) is 18.2. The molecule has 0 N–H and O–H groups in total. The van der Waals surface area contributed by atoms with Gasteiger partial charge >= 0.3 is 0 Å². The van der Waals surface area contributed by atoms with Gasteiger partial charge in [-0.2, -0.15) is 5.10 Å². The lowest BCUT2D eigenvalue weighted by molar-refractivity contribution is 0.0761. The highest BCUT2D eigenvalue weighted by Crippen LogP contribution is 2.28. The van der Waals surface area contributed by atoms with Crippen molar-refractivity contribution in [3.8, 4) is 11.1 Å². The summed E-state index contributed by atoms with van der Waals surface area (Å²) in [5, 5.41) is 5.64. The van der Waals surface area contributed by atoms with Crippen LogP contribution in [0.25, 0.3) is 22.0 Å². The Morgan fingerprint density at radius 1 is 1.10 bits per heavy atom. The van der Waals surface area contributed by atoms with E-state index in [9.17, 15) is 9.18 Å². The van der Waals surface area contributed by atoms with E-state index in [1.165, 1.54) is 6.07 Å². The van der Waals surface area contributed by atoms with E-state index >= 15 is 0 Å². The minimum absolute atomic E-state index is 0.181. The zero-order valence-corrected chi connectivity index (χ0v) is 16.3. The first-order valence-corrected chi connectivity index (χ1v) is 9.52. The highest BCUT2D eigenvalue weighted by molar-refractivity contribution is 6.29. The first kappa shape index (κ1) is 17.8. The normalized spacial score (nSPS) is 13.3. The second-order valence-corrected chi connectivity index (χ2v) is 7.57. The van der Waals surface area contributed by atoms with E-state index in [2.05, 4.69) is 10.1 Å². The molecule has 0 spiro atoms. The summed E-state index contributed by atoms with van der Waals surface area (Å²) in [6.45, 7) is 0.581. The van der Waals surface area contributed by atoms with Crippen LogP contribution in [0.4, 0.5) is 4.39 Å². The number of benzene rings is 2. The lowest BCUT2D eigenvalue weighted by atomic mass is 10.0. The van der Waals surface area contributed by atoms with Crippen LogP contribution in [0, 0.1) is 5.82 Å². The smallest absolute Gasteiger partial charge is 0.273 e. The summed E-state index contributed by atoms with van der Waals surface area (Å²) in [7, 11) is 1.87. The van der Waals surface area contributed by atoms with Gasteiger partial charge in [-0.3, -0.25) is 9.48 Å². The molecule has 7 heteroatoms. The van der Waals surface area contributed by atoms with E-state index in [0.717, 1.165) is 27.6 Å². The van der Waals surface area contributed by atoms with Crippen LogP contribution in [-0.4, -0.2) is 25.6 Å². The fraction of sp³-hybridized carbons (Fsp3) is 0.136. The number of carbonyl (C=O) groups excluding carboxylic acids is 1. The number of hydrogen-bond acceptors (Lipinski definition) is 3. The molecule has 0 radical (unpaired) electrons. The van der Waals surface area contributed by atoms with Gasteiger partial charge in [-0.15, -0.1) is 0 Å². The number of nitrogens with zero attached hydrogens (tertiary/aromatic N) is 4. The number of rotatable bonds is 3. The van der Waals surface area contributed by atoms with E-state index in [1.54, 1.807) is 27.8 Å². The van der Waals surface area contributed by atoms with E-state index in [-0.39, 0.29) is 23.4 Å². The molecule has 5 rings (SSSR count). The van der Waals surface area contributed by atoms with Crippen molar-refractivity contribution in [2.45, 2.75) is 13.1 Å².